The molecule has 0 bridgehead atoms. The summed E-state index contributed by atoms with van der Waals surface area (Å²) in [5.74, 6) is 0.0000510. The Morgan fingerprint density at radius 3 is 2.50 bits per heavy atom. The third-order valence-corrected chi connectivity index (χ3v) is 6.34. The van der Waals surface area contributed by atoms with E-state index in [2.05, 4.69) is 0 Å². The number of aliphatic hydroxyl groups excluding tert-OH is 2. The summed E-state index contributed by atoms with van der Waals surface area (Å²) in [5.41, 5.74) is 1.08. The van der Waals surface area contributed by atoms with Crippen molar-refractivity contribution in [2.45, 2.75) is 44.9 Å². The number of aryl methyl sites for hydroxylation is 1. The van der Waals surface area contributed by atoms with E-state index >= 15 is 0 Å². The van der Waals surface area contributed by atoms with Crippen LogP contribution in [0.4, 0.5) is 0 Å². The highest BCUT2D eigenvalue weighted by Gasteiger charge is 2.55. The highest BCUT2D eigenvalue weighted by Crippen LogP contribution is 2.49. The minimum Gasteiger partial charge on any atom is -0.392 e. The fourth-order valence-corrected chi connectivity index (χ4v) is 4.48. The molecule has 0 unspecified atom stereocenters. The van der Waals surface area contributed by atoms with Crippen molar-refractivity contribution in [2.24, 2.45) is 5.41 Å². The Hall–Kier alpha value is -2.18. The average Bonchev–Trinajstić information content (AvgIpc) is 2.65. The van der Waals surface area contributed by atoms with Crippen LogP contribution in [0.25, 0.3) is 10.9 Å². The molecule has 1 aromatic heterocycles. The Morgan fingerprint density at radius 2 is 1.85 bits per heavy atom. The van der Waals surface area contributed by atoms with Crippen LogP contribution in [-0.4, -0.2) is 50.9 Å². The summed E-state index contributed by atoms with van der Waals surface area (Å²) in [6.45, 7) is 3.12. The van der Waals surface area contributed by atoms with Crippen LogP contribution in [0.3, 0.4) is 0 Å². The largest absolute Gasteiger partial charge is 0.392 e. The van der Waals surface area contributed by atoms with E-state index in [4.69, 9.17) is 0 Å². The normalized spacial score (nSPS) is 24.7. The zero-order valence-electron chi connectivity index (χ0n) is 14.9. The highest BCUT2D eigenvalue weighted by atomic mass is 16.3. The summed E-state index contributed by atoms with van der Waals surface area (Å²) in [4.78, 5) is 26.8. The molecule has 0 radical (unpaired) electrons. The first-order valence-corrected chi connectivity index (χ1v) is 9.15. The number of nitrogens with zero attached hydrogens (tertiary/aromatic N) is 2. The van der Waals surface area contributed by atoms with Gasteiger partial charge in [0.15, 0.2) is 5.43 Å². The zero-order valence-corrected chi connectivity index (χ0v) is 14.9. The molecule has 6 nitrogen and oxygen atoms in total. The van der Waals surface area contributed by atoms with E-state index in [1.165, 1.54) is 0 Å². The summed E-state index contributed by atoms with van der Waals surface area (Å²) in [7, 11) is 0. The van der Waals surface area contributed by atoms with Crippen LogP contribution < -0.4 is 5.43 Å². The second-order valence-corrected chi connectivity index (χ2v) is 7.63. The van der Waals surface area contributed by atoms with E-state index in [0.717, 1.165) is 11.2 Å². The first kappa shape index (κ1) is 17.2. The Balaban J connectivity index is 1.53. The molecule has 4 rings (SSSR count). The van der Waals surface area contributed by atoms with Crippen molar-refractivity contribution in [3.05, 3.63) is 46.2 Å². The van der Waals surface area contributed by atoms with Gasteiger partial charge in [0.05, 0.1) is 17.7 Å². The molecule has 2 heterocycles. The zero-order chi connectivity index (χ0) is 18.5. The van der Waals surface area contributed by atoms with Crippen LogP contribution >= 0.6 is 0 Å². The molecule has 2 N–H and O–H groups in total. The lowest BCUT2D eigenvalue weighted by Gasteiger charge is -2.55. The molecule has 1 saturated heterocycles. The lowest BCUT2D eigenvalue weighted by molar-refractivity contribution is -0.191. The second-order valence-electron chi connectivity index (χ2n) is 7.63. The summed E-state index contributed by atoms with van der Waals surface area (Å²) >= 11 is 0. The van der Waals surface area contributed by atoms with Crippen molar-refractivity contribution in [1.29, 1.82) is 0 Å². The van der Waals surface area contributed by atoms with E-state index in [1.54, 1.807) is 17.0 Å². The molecular formula is C20H24N2O4. The second kappa shape index (κ2) is 6.21. The maximum atomic E-state index is 12.8. The predicted molar refractivity (Wildman–Crippen MR) is 97.8 cm³/mol. The number of likely N-dealkylation sites (tertiary alicyclic amines) is 1. The molecule has 138 valence electrons. The van der Waals surface area contributed by atoms with Gasteiger partial charge < -0.3 is 19.7 Å². The molecule has 2 aromatic rings. The van der Waals surface area contributed by atoms with Crippen molar-refractivity contribution < 1.29 is 15.0 Å². The molecule has 1 spiro atoms. The maximum absolute atomic E-state index is 12.8. The van der Waals surface area contributed by atoms with Gasteiger partial charge in [0, 0.05) is 42.1 Å². The molecule has 26 heavy (non-hydrogen) atoms. The third-order valence-electron chi connectivity index (χ3n) is 6.34. The van der Waals surface area contributed by atoms with Gasteiger partial charge in [0.1, 0.15) is 6.54 Å². The van der Waals surface area contributed by atoms with Crippen molar-refractivity contribution in [3.63, 3.8) is 0 Å². The third kappa shape index (κ3) is 2.56. The SMILES string of the molecule is Cc1cc(=O)c2ccccc2n1CC(=O)N1CCC2(CC1)[C@H](O)C[C@@H]2O. The van der Waals surface area contributed by atoms with Crippen LogP contribution in [0.5, 0.6) is 0 Å². The fraction of sp³-hybridized carbons (Fsp3) is 0.500. The number of carbonyl (C=O) groups is 1. The summed E-state index contributed by atoms with van der Waals surface area (Å²) < 4.78 is 1.89. The first-order valence-electron chi connectivity index (χ1n) is 9.15. The number of aromatic nitrogens is 1. The van der Waals surface area contributed by atoms with Crippen molar-refractivity contribution in [2.75, 3.05) is 13.1 Å². The molecule has 2 fully saturated rings. The van der Waals surface area contributed by atoms with Gasteiger partial charge in [-0.2, -0.15) is 0 Å². The molecule has 1 aromatic carbocycles. The molecule has 2 aliphatic rings. The number of amides is 1. The van der Waals surface area contributed by atoms with E-state index in [0.29, 0.717) is 37.7 Å². The molecular weight excluding hydrogens is 332 g/mol. The number of rotatable bonds is 2. The lowest BCUT2D eigenvalue weighted by atomic mass is 9.58. The quantitative estimate of drug-likeness (QED) is 0.842. The van der Waals surface area contributed by atoms with Crippen LogP contribution in [-0.2, 0) is 11.3 Å². The number of hydrogen-bond acceptors (Lipinski definition) is 4. The Morgan fingerprint density at radius 1 is 1.19 bits per heavy atom. The fourth-order valence-electron chi connectivity index (χ4n) is 4.48. The minimum atomic E-state index is -0.458. The number of piperidine rings is 1. The number of benzene rings is 1. The van der Waals surface area contributed by atoms with Crippen LogP contribution in [0, 0.1) is 12.3 Å². The van der Waals surface area contributed by atoms with Gasteiger partial charge in [0.25, 0.3) is 0 Å². The van der Waals surface area contributed by atoms with Crippen molar-refractivity contribution in [3.8, 4) is 0 Å². The molecule has 1 saturated carbocycles. The Kier molecular flexibility index (Phi) is 4.12. The van der Waals surface area contributed by atoms with Crippen molar-refractivity contribution >= 4 is 16.8 Å². The van der Waals surface area contributed by atoms with Gasteiger partial charge in [-0.05, 0) is 31.9 Å². The van der Waals surface area contributed by atoms with E-state index in [9.17, 15) is 19.8 Å². The number of carbonyl (C=O) groups excluding carboxylic acids is 1. The topological polar surface area (TPSA) is 82.8 Å². The monoisotopic (exact) mass is 356 g/mol. The predicted octanol–water partition coefficient (Wildman–Crippen LogP) is 1.04. The number of para-hydroxylation sites is 1. The van der Waals surface area contributed by atoms with E-state index in [1.807, 2.05) is 29.7 Å². The van der Waals surface area contributed by atoms with Gasteiger partial charge in [-0.1, -0.05) is 12.1 Å². The number of pyridine rings is 1. The minimum absolute atomic E-state index is 0.0000510. The lowest BCUT2D eigenvalue weighted by Crippen LogP contribution is -2.62. The van der Waals surface area contributed by atoms with Crippen LogP contribution in [0.15, 0.2) is 35.1 Å². The molecule has 1 aliphatic carbocycles. The Labute approximate surface area is 151 Å². The van der Waals surface area contributed by atoms with E-state index < -0.39 is 17.6 Å². The molecule has 6 heteroatoms. The van der Waals surface area contributed by atoms with Crippen molar-refractivity contribution in [1.82, 2.24) is 9.47 Å². The standard InChI is InChI=1S/C20H24N2O4/c1-13-10-16(23)14-4-2-3-5-15(14)22(13)12-19(26)21-8-6-20(7-9-21)17(24)11-18(20)25/h2-5,10,17-18,24-25H,6-9,11-12H2,1H3/t17-,18+. The molecule has 1 amide bonds. The van der Waals surface area contributed by atoms with Gasteiger partial charge in [-0.25, -0.2) is 0 Å². The van der Waals surface area contributed by atoms with Crippen LogP contribution in [0.2, 0.25) is 0 Å². The van der Waals surface area contributed by atoms with Crippen LogP contribution in [0.1, 0.15) is 25.0 Å². The smallest absolute Gasteiger partial charge is 0.242 e. The highest BCUT2D eigenvalue weighted by molar-refractivity contribution is 5.82. The molecule has 1 aliphatic heterocycles. The maximum Gasteiger partial charge on any atom is 0.242 e. The van der Waals surface area contributed by atoms with Gasteiger partial charge in [-0.15, -0.1) is 0 Å². The van der Waals surface area contributed by atoms with Gasteiger partial charge in [-0.3, -0.25) is 9.59 Å². The first-order chi connectivity index (χ1) is 12.4. The summed E-state index contributed by atoms with van der Waals surface area (Å²) in [5, 5.41) is 20.7. The average molecular weight is 356 g/mol. The number of aliphatic hydroxyl groups is 2. The summed E-state index contributed by atoms with van der Waals surface area (Å²) in [6.07, 6.45) is 0.784. The van der Waals surface area contributed by atoms with Gasteiger partial charge >= 0.3 is 0 Å². The van der Waals surface area contributed by atoms with E-state index in [-0.39, 0.29) is 17.9 Å². The van der Waals surface area contributed by atoms with Gasteiger partial charge in [0.2, 0.25) is 5.91 Å². The number of hydrogen-bond donors (Lipinski definition) is 2. The molecule has 2 atom stereocenters. The Bertz CT molecular complexity index is 902. The number of fused-ring (bicyclic) bond motifs is 1. The summed E-state index contributed by atoms with van der Waals surface area (Å²) in [6, 6.07) is 8.91.